The van der Waals surface area contributed by atoms with Gasteiger partial charge in [-0.15, -0.1) is 0 Å². The van der Waals surface area contributed by atoms with E-state index >= 15 is 0 Å². The Kier molecular flexibility index (Phi) is 5.59. The van der Waals surface area contributed by atoms with Gasteiger partial charge in [-0.1, -0.05) is 32.4 Å². The monoisotopic (exact) mass is 486 g/mol. The van der Waals surface area contributed by atoms with Crippen LogP contribution in [0.25, 0.3) is 0 Å². The maximum atomic E-state index is 14.0. The first-order valence-electron chi connectivity index (χ1n) is 12.6. The summed E-state index contributed by atoms with van der Waals surface area (Å²) >= 11 is 0. The van der Waals surface area contributed by atoms with Gasteiger partial charge in [-0.05, 0) is 63.7 Å². The Balaban J connectivity index is 1.99. The molecule has 0 heterocycles. The number of hydrogen-bond donors (Lipinski definition) is 0. The maximum absolute atomic E-state index is 14.0. The quantitative estimate of drug-likeness (QED) is 0.258. The number of Topliss-reactive ketones (excluding diaryl/α,β-unsaturated/α-hetero) is 2. The molecule has 4 aliphatic carbocycles. The lowest BCUT2D eigenvalue weighted by molar-refractivity contribution is -0.217. The second kappa shape index (κ2) is 7.59. The van der Waals surface area contributed by atoms with Crippen molar-refractivity contribution in [1.29, 1.82) is 0 Å². The van der Waals surface area contributed by atoms with Gasteiger partial charge < -0.3 is 14.3 Å². The summed E-state index contributed by atoms with van der Waals surface area (Å²) in [6, 6.07) is 0. The average molecular weight is 487 g/mol. The first-order valence-corrected chi connectivity index (χ1v) is 12.6. The minimum Gasteiger partial charge on any atom is -0.468 e. The van der Waals surface area contributed by atoms with Crippen molar-refractivity contribution >= 4 is 29.8 Å². The summed E-state index contributed by atoms with van der Waals surface area (Å²) in [5, 5.41) is 0. The van der Waals surface area contributed by atoms with E-state index in [0.717, 1.165) is 6.29 Å². The van der Waals surface area contributed by atoms with Gasteiger partial charge in [0.1, 0.15) is 17.8 Å². The van der Waals surface area contributed by atoms with Gasteiger partial charge in [0, 0.05) is 17.8 Å². The second-order valence-electron chi connectivity index (χ2n) is 12.3. The lowest BCUT2D eigenvalue weighted by atomic mass is 9.34. The van der Waals surface area contributed by atoms with E-state index in [1.807, 2.05) is 26.8 Å². The molecular formula is C28H38O7. The molecule has 8 atom stereocenters. The van der Waals surface area contributed by atoms with E-state index < -0.39 is 50.7 Å². The molecule has 3 saturated carbocycles. The number of ether oxygens (including phenoxy) is 2. The molecular weight excluding hydrogens is 448 g/mol. The highest BCUT2D eigenvalue weighted by molar-refractivity contribution is 6.25. The summed E-state index contributed by atoms with van der Waals surface area (Å²) in [6.45, 7) is 12.5. The third-order valence-corrected chi connectivity index (χ3v) is 10.9. The third kappa shape index (κ3) is 2.65. The molecule has 0 bridgehead atoms. The molecule has 0 amide bonds. The van der Waals surface area contributed by atoms with Crippen molar-refractivity contribution in [2.75, 3.05) is 7.11 Å². The van der Waals surface area contributed by atoms with Crippen LogP contribution < -0.4 is 0 Å². The Morgan fingerprint density at radius 1 is 1.06 bits per heavy atom. The molecule has 4 aliphatic rings. The maximum Gasteiger partial charge on any atom is 0.321 e. The standard InChI is InChI=1S/C28H38O7/c1-15-13-19-25(6,28(23(33)34-8)22(32)16(2)21(31)26(15,28)7)11-9-18-24(4,5)20(35-17(3)30)10-12-27(18,19)14-29/h13-14,16,18-20H,9-12H2,1-8H3/t16?,18?,19-,20?,25+,26+,27+,28+/m0/s1. The minimum absolute atomic E-state index is 0.128. The zero-order valence-electron chi connectivity index (χ0n) is 22.2. The Bertz CT molecular complexity index is 1060. The van der Waals surface area contributed by atoms with Gasteiger partial charge >= 0.3 is 11.9 Å². The highest BCUT2D eigenvalue weighted by Crippen LogP contribution is 2.76. The van der Waals surface area contributed by atoms with Crippen LogP contribution in [0, 0.1) is 44.8 Å². The lowest BCUT2D eigenvalue weighted by Crippen LogP contribution is -2.70. The molecule has 0 spiro atoms. The van der Waals surface area contributed by atoms with Crippen LogP contribution in [0.15, 0.2) is 11.6 Å². The topological polar surface area (TPSA) is 104 Å². The predicted molar refractivity (Wildman–Crippen MR) is 127 cm³/mol. The molecule has 0 aromatic rings. The molecule has 4 rings (SSSR count). The molecule has 192 valence electrons. The summed E-state index contributed by atoms with van der Waals surface area (Å²) in [6.07, 6.45) is 4.71. The van der Waals surface area contributed by atoms with Gasteiger partial charge in [-0.3, -0.25) is 19.2 Å². The Morgan fingerprint density at radius 3 is 2.23 bits per heavy atom. The van der Waals surface area contributed by atoms with E-state index in [1.54, 1.807) is 20.8 Å². The van der Waals surface area contributed by atoms with Crippen LogP contribution >= 0.6 is 0 Å². The van der Waals surface area contributed by atoms with E-state index in [1.165, 1.54) is 14.0 Å². The van der Waals surface area contributed by atoms with Gasteiger partial charge in [-0.25, -0.2) is 0 Å². The van der Waals surface area contributed by atoms with Crippen molar-refractivity contribution < 1.29 is 33.4 Å². The molecule has 3 fully saturated rings. The van der Waals surface area contributed by atoms with Crippen LogP contribution in [0.3, 0.4) is 0 Å². The lowest BCUT2D eigenvalue weighted by Gasteiger charge is -2.67. The fraction of sp³-hybridized carbons (Fsp3) is 0.750. The van der Waals surface area contributed by atoms with Crippen molar-refractivity contribution in [2.45, 2.75) is 80.3 Å². The van der Waals surface area contributed by atoms with Crippen LogP contribution in [0.1, 0.15) is 74.1 Å². The molecule has 7 nitrogen and oxygen atoms in total. The molecule has 0 aromatic carbocycles. The van der Waals surface area contributed by atoms with Crippen molar-refractivity contribution in [3.63, 3.8) is 0 Å². The molecule has 35 heavy (non-hydrogen) atoms. The minimum atomic E-state index is -1.70. The van der Waals surface area contributed by atoms with Gasteiger partial charge in [0.2, 0.25) is 0 Å². The highest BCUT2D eigenvalue weighted by atomic mass is 16.5. The van der Waals surface area contributed by atoms with Crippen molar-refractivity contribution in [2.24, 2.45) is 44.8 Å². The number of ketones is 2. The van der Waals surface area contributed by atoms with Gasteiger partial charge in [0.25, 0.3) is 0 Å². The summed E-state index contributed by atoms with van der Waals surface area (Å²) in [5.41, 5.74) is -4.74. The molecule has 0 aromatic heterocycles. The first kappa shape index (κ1) is 25.8. The molecule has 0 N–H and O–H groups in total. The fourth-order valence-corrected chi connectivity index (χ4v) is 9.19. The number of allylic oxidation sites excluding steroid dienone is 2. The highest BCUT2D eigenvalue weighted by Gasteiger charge is 2.82. The SMILES string of the molecule is COC(=O)[C@@]12C(=O)C(C)C(=O)[C@@]1(C)C(C)=C[C@@H]1[C@@]3(C=O)CCC(OC(C)=O)C(C)(C)C3CC[C@]12C. The van der Waals surface area contributed by atoms with E-state index in [4.69, 9.17) is 9.47 Å². The third-order valence-electron chi connectivity index (χ3n) is 10.9. The number of hydrogen-bond acceptors (Lipinski definition) is 7. The predicted octanol–water partition coefficient (Wildman–Crippen LogP) is 3.87. The number of fused-ring (bicyclic) bond motifs is 5. The number of esters is 2. The molecule has 7 heteroatoms. The molecule has 0 saturated heterocycles. The smallest absolute Gasteiger partial charge is 0.321 e. The number of methoxy groups -OCH3 is 1. The number of carbonyl (C=O) groups excluding carboxylic acids is 5. The summed E-state index contributed by atoms with van der Waals surface area (Å²) in [5.74, 6) is -3.20. The number of aldehydes is 1. The normalized spacial score (nSPS) is 46.0. The molecule has 0 aliphatic heterocycles. The fourth-order valence-electron chi connectivity index (χ4n) is 9.19. The van der Waals surface area contributed by atoms with Crippen molar-refractivity contribution in [3.8, 4) is 0 Å². The zero-order chi connectivity index (χ0) is 26.4. The zero-order valence-corrected chi connectivity index (χ0v) is 22.2. The van der Waals surface area contributed by atoms with Gasteiger partial charge in [0.15, 0.2) is 11.6 Å². The Hall–Kier alpha value is -2.31. The van der Waals surface area contributed by atoms with Crippen LogP contribution in [-0.4, -0.2) is 43.0 Å². The van der Waals surface area contributed by atoms with Crippen molar-refractivity contribution in [1.82, 2.24) is 0 Å². The second-order valence-corrected chi connectivity index (χ2v) is 12.3. The van der Waals surface area contributed by atoms with Crippen LogP contribution in [0.2, 0.25) is 0 Å². The Morgan fingerprint density at radius 2 is 1.69 bits per heavy atom. The van der Waals surface area contributed by atoms with E-state index in [2.05, 4.69) is 0 Å². The Labute approximate surface area is 207 Å². The molecule has 3 unspecified atom stereocenters. The molecule has 0 radical (unpaired) electrons. The summed E-state index contributed by atoms with van der Waals surface area (Å²) in [7, 11) is 1.26. The number of carbonyl (C=O) groups is 5. The van der Waals surface area contributed by atoms with Crippen LogP contribution in [0.4, 0.5) is 0 Å². The van der Waals surface area contributed by atoms with Gasteiger partial charge in [0.05, 0.1) is 18.4 Å². The van der Waals surface area contributed by atoms with Crippen LogP contribution in [0.5, 0.6) is 0 Å². The summed E-state index contributed by atoms with van der Waals surface area (Å²) < 4.78 is 11.0. The van der Waals surface area contributed by atoms with Crippen molar-refractivity contribution in [3.05, 3.63) is 11.6 Å². The largest absolute Gasteiger partial charge is 0.468 e. The van der Waals surface area contributed by atoms with Gasteiger partial charge in [-0.2, -0.15) is 0 Å². The average Bonchev–Trinajstić information content (AvgIpc) is 2.95. The first-order chi connectivity index (χ1) is 16.1. The van der Waals surface area contributed by atoms with E-state index in [9.17, 15) is 24.0 Å². The number of rotatable bonds is 3. The van der Waals surface area contributed by atoms with E-state index in [0.29, 0.717) is 31.3 Å². The van der Waals surface area contributed by atoms with E-state index in [-0.39, 0.29) is 23.8 Å². The summed E-state index contributed by atoms with van der Waals surface area (Å²) in [4.78, 5) is 66.4. The van der Waals surface area contributed by atoms with Crippen LogP contribution in [-0.2, 0) is 33.4 Å².